The summed E-state index contributed by atoms with van der Waals surface area (Å²) in [6.07, 6.45) is 4.53. The van der Waals surface area contributed by atoms with Crippen LogP contribution in [0.2, 0.25) is 0 Å². The van der Waals surface area contributed by atoms with E-state index in [9.17, 15) is 8.42 Å². The fourth-order valence-corrected chi connectivity index (χ4v) is 3.81. The minimum atomic E-state index is -3.35. The maximum absolute atomic E-state index is 12.2. The number of aryl methyl sites for hydroxylation is 1. The molecule has 1 fully saturated rings. The summed E-state index contributed by atoms with van der Waals surface area (Å²) in [4.78, 5) is 0.400. The van der Waals surface area contributed by atoms with Crippen LogP contribution >= 0.6 is 0 Å². The molecule has 2 rings (SSSR count). The zero-order chi connectivity index (χ0) is 13.2. The molecule has 18 heavy (non-hydrogen) atoms. The summed E-state index contributed by atoms with van der Waals surface area (Å²) < 4.78 is 27.2. The van der Waals surface area contributed by atoms with Gasteiger partial charge in [-0.3, -0.25) is 0 Å². The monoisotopic (exact) mass is 267 g/mol. The van der Waals surface area contributed by atoms with Crippen molar-refractivity contribution in [2.24, 2.45) is 5.41 Å². The number of hydrogen-bond donors (Lipinski definition) is 1. The molecule has 3 nitrogen and oxygen atoms in total. The van der Waals surface area contributed by atoms with Crippen LogP contribution < -0.4 is 4.72 Å². The van der Waals surface area contributed by atoms with E-state index in [-0.39, 0.29) is 5.41 Å². The highest BCUT2D eigenvalue weighted by Crippen LogP contribution is 2.49. The average Bonchev–Trinajstić information content (AvgIpc) is 3.08. The van der Waals surface area contributed by atoms with E-state index >= 15 is 0 Å². The van der Waals surface area contributed by atoms with Gasteiger partial charge in [0.2, 0.25) is 10.0 Å². The summed E-state index contributed by atoms with van der Waals surface area (Å²) in [6.45, 7) is 4.56. The van der Waals surface area contributed by atoms with Crippen molar-refractivity contribution < 1.29 is 8.42 Å². The molecule has 0 amide bonds. The quantitative estimate of drug-likeness (QED) is 0.861. The van der Waals surface area contributed by atoms with Gasteiger partial charge < -0.3 is 0 Å². The van der Waals surface area contributed by atoms with Gasteiger partial charge in [0, 0.05) is 6.54 Å². The lowest BCUT2D eigenvalue weighted by Crippen LogP contribution is -2.30. The molecule has 0 atom stereocenters. The van der Waals surface area contributed by atoms with Gasteiger partial charge in [-0.15, -0.1) is 0 Å². The van der Waals surface area contributed by atoms with Crippen LogP contribution in [-0.2, 0) is 10.0 Å². The second-order valence-corrected chi connectivity index (χ2v) is 7.08. The Balaban J connectivity index is 2.07. The second kappa shape index (κ2) is 5.02. The Kier molecular flexibility index (Phi) is 3.78. The van der Waals surface area contributed by atoms with E-state index in [4.69, 9.17) is 0 Å². The SMILES string of the molecule is CCCC1(CNS(=O)(=O)c2ccccc2C)CC1. The van der Waals surface area contributed by atoms with Crippen molar-refractivity contribution in [1.29, 1.82) is 0 Å². The average molecular weight is 267 g/mol. The van der Waals surface area contributed by atoms with Gasteiger partial charge in [-0.05, 0) is 43.2 Å². The molecule has 0 unspecified atom stereocenters. The first-order chi connectivity index (χ1) is 8.49. The van der Waals surface area contributed by atoms with Gasteiger partial charge in [-0.2, -0.15) is 0 Å². The van der Waals surface area contributed by atoms with E-state index in [0.29, 0.717) is 11.4 Å². The molecule has 1 aliphatic carbocycles. The van der Waals surface area contributed by atoms with Crippen LogP contribution in [0.1, 0.15) is 38.2 Å². The molecule has 0 saturated heterocycles. The van der Waals surface area contributed by atoms with Crippen LogP contribution in [-0.4, -0.2) is 15.0 Å². The van der Waals surface area contributed by atoms with Crippen molar-refractivity contribution in [1.82, 2.24) is 4.72 Å². The van der Waals surface area contributed by atoms with Gasteiger partial charge >= 0.3 is 0 Å². The third kappa shape index (κ3) is 2.93. The number of hydrogen-bond acceptors (Lipinski definition) is 2. The van der Waals surface area contributed by atoms with Crippen molar-refractivity contribution >= 4 is 10.0 Å². The molecular formula is C14H21NO2S. The standard InChI is InChI=1S/C14H21NO2S/c1-3-8-14(9-10-14)11-15-18(16,17)13-7-5-4-6-12(13)2/h4-7,15H,3,8-11H2,1-2H3. The molecule has 0 bridgehead atoms. The minimum Gasteiger partial charge on any atom is -0.211 e. The van der Waals surface area contributed by atoms with Crippen LogP contribution in [0.4, 0.5) is 0 Å². The highest BCUT2D eigenvalue weighted by atomic mass is 32.2. The van der Waals surface area contributed by atoms with Gasteiger partial charge in [-0.25, -0.2) is 13.1 Å². The third-order valence-corrected chi connectivity index (χ3v) is 5.32. The predicted octanol–water partition coefficient (Wildman–Crippen LogP) is 2.85. The second-order valence-electron chi connectivity index (χ2n) is 5.34. The summed E-state index contributed by atoms with van der Waals surface area (Å²) in [5.74, 6) is 0. The van der Waals surface area contributed by atoms with E-state index in [0.717, 1.165) is 31.2 Å². The van der Waals surface area contributed by atoms with Crippen molar-refractivity contribution in [3.63, 3.8) is 0 Å². The molecular weight excluding hydrogens is 246 g/mol. The maximum Gasteiger partial charge on any atom is 0.240 e. The van der Waals surface area contributed by atoms with Crippen molar-refractivity contribution in [2.45, 2.75) is 44.4 Å². The molecule has 0 radical (unpaired) electrons. The van der Waals surface area contributed by atoms with E-state index < -0.39 is 10.0 Å². The summed E-state index contributed by atoms with van der Waals surface area (Å²) in [7, 11) is -3.35. The van der Waals surface area contributed by atoms with Crippen molar-refractivity contribution in [2.75, 3.05) is 6.54 Å². The van der Waals surface area contributed by atoms with Gasteiger partial charge in [0.05, 0.1) is 4.90 Å². The smallest absolute Gasteiger partial charge is 0.211 e. The molecule has 4 heteroatoms. The fourth-order valence-electron chi connectivity index (χ4n) is 2.41. The highest BCUT2D eigenvalue weighted by molar-refractivity contribution is 7.89. The molecule has 100 valence electrons. The normalized spacial score (nSPS) is 17.7. The molecule has 1 aromatic rings. The Labute approximate surface area is 110 Å². The fraction of sp³-hybridized carbons (Fsp3) is 0.571. The zero-order valence-corrected chi connectivity index (χ0v) is 11.9. The molecule has 0 aliphatic heterocycles. The number of sulfonamides is 1. The van der Waals surface area contributed by atoms with Gasteiger partial charge in [-0.1, -0.05) is 31.5 Å². The van der Waals surface area contributed by atoms with Gasteiger partial charge in [0.15, 0.2) is 0 Å². The number of benzene rings is 1. The summed E-state index contributed by atoms with van der Waals surface area (Å²) >= 11 is 0. The molecule has 1 aliphatic rings. The maximum atomic E-state index is 12.2. The molecule has 1 aromatic carbocycles. The molecule has 0 aromatic heterocycles. The Morgan fingerprint density at radius 1 is 1.28 bits per heavy atom. The van der Waals surface area contributed by atoms with Crippen molar-refractivity contribution in [3.8, 4) is 0 Å². The van der Waals surface area contributed by atoms with Crippen LogP contribution in [0.25, 0.3) is 0 Å². The summed E-state index contributed by atoms with van der Waals surface area (Å²) in [6, 6.07) is 7.11. The van der Waals surface area contributed by atoms with E-state index in [1.54, 1.807) is 12.1 Å². The Morgan fingerprint density at radius 2 is 1.94 bits per heavy atom. The first-order valence-electron chi connectivity index (χ1n) is 6.54. The molecule has 0 spiro atoms. The van der Waals surface area contributed by atoms with E-state index in [2.05, 4.69) is 11.6 Å². The molecule has 1 N–H and O–H groups in total. The molecule has 0 heterocycles. The lowest BCUT2D eigenvalue weighted by atomic mass is 10.0. The Hall–Kier alpha value is -0.870. The largest absolute Gasteiger partial charge is 0.240 e. The first-order valence-corrected chi connectivity index (χ1v) is 8.03. The predicted molar refractivity (Wildman–Crippen MR) is 72.9 cm³/mol. The van der Waals surface area contributed by atoms with Crippen LogP contribution in [0, 0.1) is 12.3 Å². The number of rotatable bonds is 6. The minimum absolute atomic E-state index is 0.241. The Bertz CT molecular complexity index is 518. The summed E-state index contributed by atoms with van der Waals surface area (Å²) in [5.41, 5.74) is 1.04. The van der Waals surface area contributed by atoms with Crippen LogP contribution in [0.15, 0.2) is 29.2 Å². The summed E-state index contributed by atoms with van der Waals surface area (Å²) in [5, 5.41) is 0. The third-order valence-electron chi connectivity index (χ3n) is 3.76. The first kappa shape index (κ1) is 13.6. The van der Waals surface area contributed by atoms with E-state index in [1.807, 2.05) is 19.1 Å². The lowest BCUT2D eigenvalue weighted by Gasteiger charge is -2.15. The molecule has 1 saturated carbocycles. The van der Waals surface area contributed by atoms with Crippen LogP contribution in [0.5, 0.6) is 0 Å². The highest BCUT2D eigenvalue weighted by Gasteiger charge is 2.42. The topological polar surface area (TPSA) is 46.2 Å². The van der Waals surface area contributed by atoms with Crippen molar-refractivity contribution in [3.05, 3.63) is 29.8 Å². The van der Waals surface area contributed by atoms with Gasteiger partial charge in [0.1, 0.15) is 0 Å². The Morgan fingerprint density at radius 3 is 2.50 bits per heavy atom. The van der Waals surface area contributed by atoms with E-state index in [1.165, 1.54) is 0 Å². The zero-order valence-electron chi connectivity index (χ0n) is 11.1. The number of nitrogens with one attached hydrogen (secondary N) is 1. The van der Waals surface area contributed by atoms with Gasteiger partial charge in [0.25, 0.3) is 0 Å². The lowest BCUT2D eigenvalue weighted by molar-refractivity contribution is 0.449. The van der Waals surface area contributed by atoms with Crippen LogP contribution in [0.3, 0.4) is 0 Å².